The van der Waals surface area contributed by atoms with E-state index in [9.17, 15) is 5.11 Å². The first-order valence-corrected chi connectivity index (χ1v) is 16.7. The average Bonchev–Trinajstić information content (AvgIpc) is 2.74. The SMILES string of the molecule is C#C[C@@H]1O[C@H](CC[C@H](C)/C=C(\C)C[C@@H](C)C[C@H](C)C(=C)CO)[C@H](C)[C@H](O[Si](C)(C)C(C)(C)C)[C@H]1C. The number of rotatable bonds is 12. The van der Waals surface area contributed by atoms with Crippen molar-refractivity contribution in [2.75, 3.05) is 6.61 Å². The van der Waals surface area contributed by atoms with Gasteiger partial charge in [0, 0.05) is 11.8 Å². The molecule has 0 aliphatic carbocycles. The van der Waals surface area contributed by atoms with Gasteiger partial charge in [0.05, 0.1) is 18.8 Å². The van der Waals surface area contributed by atoms with Crippen LogP contribution in [0.5, 0.6) is 0 Å². The first kappa shape index (κ1) is 32.2. The van der Waals surface area contributed by atoms with Crippen LogP contribution in [0.4, 0.5) is 0 Å². The predicted octanol–water partition coefficient (Wildman–Crippen LogP) is 8.01. The summed E-state index contributed by atoms with van der Waals surface area (Å²) in [6.45, 7) is 29.1. The highest BCUT2D eigenvalue weighted by molar-refractivity contribution is 6.74. The van der Waals surface area contributed by atoms with E-state index in [4.69, 9.17) is 15.6 Å². The molecule has 0 radical (unpaired) electrons. The molecule has 1 rings (SSSR count). The highest BCUT2D eigenvalue weighted by atomic mass is 28.4. The van der Waals surface area contributed by atoms with Crippen LogP contribution < -0.4 is 0 Å². The van der Waals surface area contributed by atoms with E-state index in [1.165, 1.54) is 5.57 Å². The third-order valence-electron chi connectivity index (χ3n) is 8.62. The largest absolute Gasteiger partial charge is 0.413 e. The summed E-state index contributed by atoms with van der Waals surface area (Å²) in [5.41, 5.74) is 2.38. The summed E-state index contributed by atoms with van der Waals surface area (Å²) < 4.78 is 13.4. The molecule has 8 atom stereocenters. The highest BCUT2D eigenvalue weighted by Gasteiger charge is 2.47. The Balaban J connectivity index is 2.77. The van der Waals surface area contributed by atoms with Crippen LogP contribution in [-0.2, 0) is 9.16 Å². The van der Waals surface area contributed by atoms with Crippen LogP contribution in [-0.4, -0.2) is 38.3 Å². The van der Waals surface area contributed by atoms with Gasteiger partial charge in [-0.25, -0.2) is 0 Å². The summed E-state index contributed by atoms with van der Waals surface area (Å²) in [6.07, 6.45) is 12.6. The Labute approximate surface area is 219 Å². The van der Waals surface area contributed by atoms with Gasteiger partial charge >= 0.3 is 0 Å². The Bertz CT molecular complexity index is 741. The van der Waals surface area contributed by atoms with Crippen LogP contribution in [0.15, 0.2) is 23.8 Å². The van der Waals surface area contributed by atoms with E-state index in [0.717, 1.165) is 31.3 Å². The fraction of sp³-hybridized carbons (Fsp3) is 0.806. The number of hydrogen-bond donors (Lipinski definition) is 1. The van der Waals surface area contributed by atoms with Crippen LogP contribution in [0, 0.1) is 41.9 Å². The molecule has 0 aromatic rings. The minimum absolute atomic E-state index is 0.0858. The second-order valence-electron chi connectivity index (χ2n) is 13.2. The smallest absolute Gasteiger partial charge is 0.192 e. The van der Waals surface area contributed by atoms with Crippen molar-refractivity contribution in [1.29, 1.82) is 0 Å². The van der Waals surface area contributed by atoms with Gasteiger partial charge in [0.25, 0.3) is 0 Å². The topological polar surface area (TPSA) is 38.7 Å². The highest BCUT2D eigenvalue weighted by Crippen LogP contribution is 2.42. The van der Waals surface area contributed by atoms with Crippen molar-refractivity contribution in [2.45, 2.75) is 124 Å². The Morgan fingerprint density at radius 1 is 1.20 bits per heavy atom. The lowest BCUT2D eigenvalue weighted by molar-refractivity contribution is -0.141. The molecule has 1 N–H and O–H groups in total. The van der Waals surface area contributed by atoms with Gasteiger partial charge in [-0.2, -0.15) is 0 Å². The van der Waals surface area contributed by atoms with Crippen LogP contribution in [0.2, 0.25) is 18.1 Å². The molecule has 1 fully saturated rings. The van der Waals surface area contributed by atoms with Gasteiger partial charge in [0.15, 0.2) is 8.32 Å². The lowest BCUT2D eigenvalue weighted by atomic mass is 9.81. The number of ether oxygens (including phenoxy) is 1. The Morgan fingerprint density at radius 2 is 1.80 bits per heavy atom. The molecular weight excluding hydrogens is 448 g/mol. The molecule has 0 bridgehead atoms. The standard InChI is InChI=1S/C31H56O3Si/c1-14-28-26(7)30(34-35(12,13)31(9,10)11)27(8)29(33-28)16-15-21(2)17-22(3)18-23(4)19-24(5)25(6)20-32/h1,17,21,23-24,26-30,32H,6,15-16,18-20H2,2-5,7-13H3/b22-17+/t21-,23+,24-,26-,27-,28-,29+,30+/m0/s1. The monoisotopic (exact) mass is 504 g/mol. The molecule has 0 amide bonds. The van der Waals surface area contributed by atoms with E-state index in [1.807, 2.05) is 0 Å². The molecular formula is C31H56O3Si. The average molecular weight is 505 g/mol. The minimum Gasteiger partial charge on any atom is -0.413 e. The summed E-state index contributed by atoms with van der Waals surface area (Å²) >= 11 is 0. The molecule has 0 spiro atoms. The van der Waals surface area contributed by atoms with E-state index in [2.05, 4.69) is 94.0 Å². The molecule has 4 heteroatoms. The molecule has 35 heavy (non-hydrogen) atoms. The van der Waals surface area contributed by atoms with Crippen molar-refractivity contribution in [2.24, 2.45) is 29.6 Å². The molecule has 0 unspecified atom stereocenters. The van der Waals surface area contributed by atoms with Crippen LogP contribution in [0.25, 0.3) is 0 Å². The molecule has 0 aromatic heterocycles. The maximum Gasteiger partial charge on any atom is 0.192 e. The van der Waals surface area contributed by atoms with Gasteiger partial charge in [0.2, 0.25) is 0 Å². The van der Waals surface area contributed by atoms with Crippen molar-refractivity contribution >= 4 is 8.32 Å². The summed E-state index contributed by atoms with van der Waals surface area (Å²) in [4.78, 5) is 0. The van der Waals surface area contributed by atoms with Gasteiger partial charge < -0.3 is 14.3 Å². The maximum absolute atomic E-state index is 9.32. The zero-order valence-electron chi connectivity index (χ0n) is 24.8. The Morgan fingerprint density at radius 3 is 2.31 bits per heavy atom. The molecule has 3 nitrogen and oxygen atoms in total. The zero-order chi connectivity index (χ0) is 27.1. The fourth-order valence-corrected chi connectivity index (χ4v) is 6.64. The van der Waals surface area contributed by atoms with Crippen molar-refractivity contribution in [3.05, 3.63) is 23.8 Å². The van der Waals surface area contributed by atoms with Crippen LogP contribution in [0.3, 0.4) is 0 Å². The van der Waals surface area contributed by atoms with Gasteiger partial charge in [-0.3, -0.25) is 0 Å². The molecule has 0 aromatic carbocycles. The van der Waals surface area contributed by atoms with E-state index in [0.29, 0.717) is 23.7 Å². The molecule has 1 aliphatic rings. The maximum atomic E-state index is 9.32. The molecule has 1 aliphatic heterocycles. The molecule has 202 valence electrons. The molecule has 1 heterocycles. The lowest BCUT2D eigenvalue weighted by Crippen LogP contribution is -2.55. The van der Waals surface area contributed by atoms with E-state index >= 15 is 0 Å². The summed E-state index contributed by atoms with van der Waals surface area (Å²) in [7, 11) is -1.90. The number of aliphatic hydroxyl groups is 1. The summed E-state index contributed by atoms with van der Waals surface area (Å²) in [6, 6.07) is 0. The Hall–Kier alpha value is -0.863. The van der Waals surface area contributed by atoms with E-state index in [-0.39, 0.29) is 35.9 Å². The quantitative estimate of drug-likeness (QED) is 0.166. The van der Waals surface area contributed by atoms with Crippen molar-refractivity contribution < 1.29 is 14.3 Å². The van der Waals surface area contributed by atoms with Gasteiger partial charge in [0.1, 0.15) is 6.10 Å². The number of hydrogen-bond acceptors (Lipinski definition) is 3. The van der Waals surface area contributed by atoms with Crippen molar-refractivity contribution in [3.63, 3.8) is 0 Å². The third-order valence-corrected chi connectivity index (χ3v) is 13.1. The first-order valence-electron chi connectivity index (χ1n) is 13.8. The number of allylic oxidation sites excluding steroid dienone is 2. The van der Waals surface area contributed by atoms with Gasteiger partial charge in [-0.05, 0) is 74.1 Å². The lowest BCUT2D eigenvalue weighted by Gasteiger charge is -2.48. The van der Waals surface area contributed by atoms with Gasteiger partial charge in [-0.15, -0.1) is 6.42 Å². The van der Waals surface area contributed by atoms with Crippen molar-refractivity contribution in [1.82, 2.24) is 0 Å². The van der Waals surface area contributed by atoms with Gasteiger partial charge in [-0.1, -0.05) is 79.5 Å². The van der Waals surface area contributed by atoms with Crippen LogP contribution >= 0.6 is 0 Å². The van der Waals surface area contributed by atoms with Crippen LogP contribution in [0.1, 0.15) is 88.0 Å². The van der Waals surface area contributed by atoms with Crippen molar-refractivity contribution in [3.8, 4) is 12.3 Å². The third kappa shape index (κ3) is 9.51. The number of terminal acetylenes is 1. The zero-order valence-corrected chi connectivity index (χ0v) is 25.8. The Kier molecular flexibility index (Phi) is 12.5. The normalized spacial score (nSPS) is 28.8. The summed E-state index contributed by atoms with van der Waals surface area (Å²) in [5, 5.41) is 9.49. The van der Waals surface area contributed by atoms with E-state index < -0.39 is 8.32 Å². The minimum atomic E-state index is -1.90. The summed E-state index contributed by atoms with van der Waals surface area (Å²) in [5.74, 6) is 4.85. The van der Waals surface area contributed by atoms with E-state index in [1.54, 1.807) is 0 Å². The first-order chi connectivity index (χ1) is 16.0. The second kappa shape index (κ2) is 13.6. The predicted molar refractivity (Wildman–Crippen MR) is 154 cm³/mol. The second-order valence-corrected chi connectivity index (χ2v) is 17.9. The fourth-order valence-electron chi connectivity index (χ4n) is 5.18. The number of aliphatic hydroxyl groups excluding tert-OH is 1. The molecule has 0 saturated carbocycles. The molecule has 1 saturated heterocycles.